The second-order valence-corrected chi connectivity index (χ2v) is 7.76. The number of nitrogens with zero attached hydrogens (tertiary/aromatic N) is 6. The number of aromatic nitrogens is 4. The number of aliphatic hydroxyl groups is 1. The van der Waals surface area contributed by atoms with Crippen LogP contribution in [0.25, 0.3) is 21.9 Å². The van der Waals surface area contributed by atoms with E-state index in [2.05, 4.69) is 14.8 Å². The van der Waals surface area contributed by atoms with E-state index in [0.717, 1.165) is 54.4 Å². The van der Waals surface area contributed by atoms with Gasteiger partial charge in [-0.25, -0.2) is 15.0 Å². The van der Waals surface area contributed by atoms with Gasteiger partial charge >= 0.3 is 0 Å². The minimum Gasteiger partial charge on any atom is -0.395 e. The predicted octanol–water partition coefficient (Wildman–Crippen LogP) is 1.97. The van der Waals surface area contributed by atoms with Gasteiger partial charge in [-0.05, 0) is 37.3 Å². The van der Waals surface area contributed by atoms with Crippen LogP contribution in [-0.4, -0.2) is 57.4 Å². The van der Waals surface area contributed by atoms with Gasteiger partial charge in [0.25, 0.3) is 5.56 Å². The predicted molar refractivity (Wildman–Crippen MR) is 122 cm³/mol. The summed E-state index contributed by atoms with van der Waals surface area (Å²) < 4.78 is 1.44. The Kier molecular flexibility index (Phi) is 4.99. The highest BCUT2D eigenvalue weighted by molar-refractivity contribution is 5.81. The molecule has 4 aromatic rings. The number of anilines is 2. The van der Waals surface area contributed by atoms with Crippen LogP contribution in [0.15, 0.2) is 53.6 Å². The van der Waals surface area contributed by atoms with E-state index in [9.17, 15) is 4.79 Å². The highest BCUT2D eigenvalue weighted by Gasteiger charge is 2.21. The first-order valence-corrected chi connectivity index (χ1v) is 10.5. The standard InChI is InChI=1S/C23H24N6O2/c1-16-22(26-20-5-3-2-4-19(20)25-16)28-10-8-27(9-11-28)17-6-7-18-21(14-17)24-15-29(12-13-30)23(18)31/h2-7,14-15,30H,8-13H2,1H3. The molecule has 1 fully saturated rings. The van der Waals surface area contributed by atoms with Crippen molar-refractivity contribution in [1.29, 1.82) is 0 Å². The molecule has 0 spiro atoms. The van der Waals surface area contributed by atoms with Gasteiger partial charge in [-0.15, -0.1) is 0 Å². The highest BCUT2D eigenvalue weighted by atomic mass is 16.3. The topological polar surface area (TPSA) is 87.4 Å². The fraction of sp³-hybridized carbons (Fsp3) is 0.304. The van der Waals surface area contributed by atoms with Crippen LogP contribution in [0.1, 0.15) is 5.69 Å². The van der Waals surface area contributed by atoms with E-state index in [0.29, 0.717) is 10.9 Å². The Morgan fingerprint density at radius 2 is 1.65 bits per heavy atom. The zero-order chi connectivity index (χ0) is 21.4. The summed E-state index contributed by atoms with van der Waals surface area (Å²) in [5.74, 6) is 0.947. The third-order valence-electron chi connectivity index (χ3n) is 5.81. The molecule has 0 amide bonds. The molecule has 0 aliphatic carbocycles. The van der Waals surface area contributed by atoms with Crippen molar-refractivity contribution in [2.24, 2.45) is 0 Å². The molecule has 1 aliphatic heterocycles. The number of hydrogen-bond donors (Lipinski definition) is 1. The van der Waals surface area contributed by atoms with E-state index in [-0.39, 0.29) is 18.7 Å². The minimum atomic E-state index is -0.124. The number of fused-ring (bicyclic) bond motifs is 2. The average molecular weight is 416 g/mol. The maximum atomic E-state index is 12.5. The molecule has 3 heterocycles. The summed E-state index contributed by atoms with van der Waals surface area (Å²) in [6.07, 6.45) is 1.50. The molecule has 5 rings (SSSR count). The van der Waals surface area contributed by atoms with E-state index < -0.39 is 0 Å². The molecule has 8 heteroatoms. The van der Waals surface area contributed by atoms with Gasteiger partial charge in [-0.1, -0.05) is 12.1 Å². The van der Waals surface area contributed by atoms with Crippen molar-refractivity contribution in [3.05, 3.63) is 64.8 Å². The molecule has 8 nitrogen and oxygen atoms in total. The van der Waals surface area contributed by atoms with Crippen LogP contribution in [0.4, 0.5) is 11.5 Å². The summed E-state index contributed by atoms with van der Waals surface area (Å²) in [7, 11) is 0. The van der Waals surface area contributed by atoms with Crippen molar-refractivity contribution in [2.45, 2.75) is 13.5 Å². The van der Waals surface area contributed by atoms with E-state index in [4.69, 9.17) is 15.1 Å². The first-order chi connectivity index (χ1) is 15.1. The first kappa shape index (κ1) is 19.4. The van der Waals surface area contributed by atoms with Gasteiger partial charge in [0.05, 0.1) is 47.1 Å². The third kappa shape index (κ3) is 3.59. The molecule has 1 saturated heterocycles. The second kappa shape index (κ2) is 7.96. The molecule has 2 aromatic heterocycles. The van der Waals surface area contributed by atoms with Crippen molar-refractivity contribution in [2.75, 3.05) is 42.6 Å². The molecule has 31 heavy (non-hydrogen) atoms. The molecular weight excluding hydrogens is 392 g/mol. The van der Waals surface area contributed by atoms with Crippen molar-refractivity contribution in [3.63, 3.8) is 0 Å². The number of para-hydroxylation sites is 2. The lowest BCUT2D eigenvalue weighted by atomic mass is 10.2. The van der Waals surface area contributed by atoms with E-state index in [1.807, 2.05) is 49.4 Å². The fourth-order valence-electron chi connectivity index (χ4n) is 4.17. The van der Waals surface area contributed by atoms with Crippen molar-refractivity contribution < 1.29 is 5.11 Å². The van der Waals surface area contributed by atoms with Crippen molar-refractivity contribution >= 4 is 33.4 Å². The Morgan fingerprint density at radius 1 is 0.935 bits per heavy atom. The smallest absolute Gasteiger partial charge is 0.261 e. The number of aliphatic hydroxyl groups excluding tert-OH is 1. The summed E-state index contributed by atoms with van der Waals surface area (Å²) in [6.45, 7) is 5.57. The minimum absolute atomic E-state index is 0.0868. The van der Waals surface area contributed by atoms with E-state index >= 15 is 0 Å². The van der Waals surface area contributed by atoms with Crippen LogP contribution in [0.2, 0.25) is 0 Å². The number of benzene rings is 2. The van der Waals surface area contributed by atoms with E-state index in [1.54, 1.807) is 0 Å². The lowest BCUT2D eigenvalue weighted by Crippen LogP contribution is -2.47. The molecule has 1 aliphatic rings. The molecule has 0 unspecified atom stereocenters. The molecule has 2 aromatic carbocycles. The Bertz CT molecular complexity index is 1310. The van der Waals surface area contributed by atoms with E-state index in [1.165, 1.54) is 10.9 Å². The number of piperazine rings is 1. The van der Waals surface area contributed by atoms with Crippen LogP contribution in [-0.2, 0) is 6.54 Å². The molecular formula is C23H24N6O2. The maximum Gasteiger partial charge on any atom is 0.261 e. The van der Waals surface area contributed by atoms with Gasteiger partial charge in [-0.3, -0.25) is 9.36 Å². The monoisotopic (exact) mass is 416 g/mol. The van der Waals surface area contributed by atoms with Gasteiger partial charge in [-0.2, -0.15) is 0 Å². The maximum absolute atomic E-state index is 12.5. The molecule has 0 atom stereocenters. The fourth-order valence-corrected chi connectivity index (χ4v) is 4.17. The Morgan fingerprint density at radius 3 is 2.39 bits per heavy atom. The second-order valence-electron chi connectivity index (χ2n) is 7.76. The lowest BCUT2D eigenvalue weighted by molar-refractivity contribution is 0.274. The lowest BCUT2D eigenvalue weighted by Gasteiger charge is -2.37. The highest BCUT2D eigenvalue weighted by Crippen LogP contribution is 2.24. The van der Waals surface area contributed by atoms with Crippen LogP contribution in [0.5, 0.6) is 0 Å². The zero-order valence-corrected chi connectivity index (χ0v) is 17.4. The van der Waals surface area contributed by atoms with Crippen LogP contribution >= 0.6 is 0 Å². The summed E-state index contributed by atoms with van der Waals surface area (Å²) >= 11 is 0. The summed E-state index contributed by atoms with van der Waals surface area (Å²) in [4.78, 5) is 31.1. The van der Waals surface area contributed by atoms with Crippen molar-refractivity contribution in [1.82, 2.24) is 19.5 Å². The van der Waals surface area contributed by atoms with Crippen LogP contribution < -0.4 is 15.4 Å². The molecule has 0 saturated carbocycles. The van der Waals surface area contributed by atoms with Crippen LogP contribution in [0, 0.1) is 6.92 Å². The van der Waals surface area contributed by atoms with Gasteiger partial charge < -0.3 is 14.9 Å². The number of hydrogen-bond acceptors (Lipinski definition) is 7. The molecule has 0 radical (unpaired) electrons. The quantitative estimate of drug-likeness (QED) is 0.544. The summed E-state index contributed by atoms with van der Waals surface area (Å²) in [5, 5.41) is 9.67. The van der Waals surface area contributed by atoms with Crippen molar-refractivity contribution in [3.8, 4) is 0 Å². The largest absolute Gasteiger partial charge is 0.395 e. The summed E-state index contributed by atoms with van der Waals surface area (Å²) in [6, 6.07) is 13.7. The number of aryl methyl sites for hydroxylation is 1. The van der Waals surface area contributed by atoms with Gasteiger partial charge in [0, 0.05) is 31.9 Å². The van der Waals surface area contributed by atoms with Gasteiger partial charge in [0.15, 0.2) is 5.82 Å². The molecule has 1 N–H and O–H groups in total. The SMILES string of the molecule is Cc1nc2ccccc2nc1N1CCN(c2ccc3c(=O)n(CCO)cnc3c2)CC1. The Labute approximate surface area is 179 Å². The number of rotatable bonds is 4. The first-order valence-electron chi connectivity index (χ1n) is 10.5. The van der Waals surface area contributed by atoms with Gasteiger partial charge in [0.2, 0.25) is 0 Å². The third-order valence-corrected chi connectivity index (χ3v) is 5.81. The van der Waals surface area contributed by atoms with Crippen LogP contribution in [0.3, 0.4) is 0 Å². The summed E-state index contributed by atoms with van der Waals surface area (Å²) in [5.41, 5.74) is 4.39. The normalized spacial score (nSPS) is 14.5. The Balaban J connectivity index is 1.36. The van der Waals surface area contributed by atoms with Gasteiger partial charge in [0.1, 0.15) is 0 Å². The zero-order valence-electron chi connectivity index (χ0n) is 17.4. The Hall–Kier alpha value is -3.52. The average Bonchev–Trinajstić information content (AvgIpc) is 2.80. The molecule has 0 bridgehead atoms. The molecule has 158 valence electrons.